The second-order valence-electron chi connectivity index (χ2n) is 19.8. The monoisotopic (exact) mass is 985 g/mol. The van der Waals surface area contributed by atoms with Crippen LogP contribution < -0.4 is 27.0 Å². The highest BCUT2D eigenvalue weighted by atomic mass is 32.1. The number of nitrogens with one attached hydrogen (secondary N) is 4. The number of carbonyl (C=O) groups excluding carboxylic acids is 4. The van der Waals surface area contributed by atoms with Gasteiger partial charge >= 0.3 is 11.9 Å². The summed E-state index contributed by atoms with van der Waals surface area (Å²) in [6.07, 6.45) is 8.59. The first-order valence-corrected chi connectivity index (χ1v) is 26.1. The van der Waals surface area contributed by atoms with Gasteiger partial charge in [0.25, 0.3) is 5.91 Å². The number of nitrogens with zero attached hydrogens (tertiary/aromatic N) is 3. The summed E-state index contributed by atoms with van der Waals surface area (Å²) in [5, 5.41) is 33.1. The first kappa shape index (κ1) is 58.8. The van der Waals surface area contributed by atoms with Gasteiger partial charge in [0, 0.05) is 61.7 Å². The zero-order chi connectivity index (χ0) is 51.3. The third-order valence-electron chi connectivity index (χ3n) is 13.4. The Labute approximate surface area is 414 Å². The molecule has 0 spiro atoms. The number of benzene rings is 1. The largest absolute Gasteiger partial charge is 0.481 e. The van der Waals surface area contributed by atoms with Crippen LogP contribution >= 0.6 is 11.3 Å². The number of ether oxygens (including phenoxy) is 1. The Balaban J connectivity index is 1.81. The zero-order valence-electron chi connectivity index (χ0n) is 42.8. The van der Waals surface area contributed by atoms with Crippen LogP contribution in [0.15, 0.2) is 29.6 Å². The predicted octanol–water partition coefficient (Wildman–Crippen LogP) is 6.62. The number of likely N-dealkylation sites (tertiary alicyclic amines) is 1. The van der Waals surface area contributed by atoms with E-state index in [1.54, 1.807) is 43.5 Å². The highest BCUT2D eigenvalue weighted by Gasteiger charge is 2.37. The van der Waals surface area contributed by atoms with Crippen molar-refractivity contribution in [2.75, 3.05) is 45.2 Å². The van der Waals surface area contributed by atoms with Crippen molar-refractivity contribution < 1.29 is 43.7 Å². The number of aromatic nitrogens is 1. The Bertz CT molecular complexity index is 1930. The van der Waals surface area contributed by atoms with Crippen LogP contribution in [0.25, 0.3) is 0 Å². The molecule has 1 aliphatic rings. The van der Waals surface area contributed by atoms with Crippen molar-refractivity contribution in [2.24, 2.45) is 23.0 Å². The quantitative estimate of drug-likeness (QED) is 0.0382. The van der Waals surface area contributed by atoms with Crippen molar-refractivity contribution in [1.82, 2.24) is 30.7 Å². The molecule has 2 heterocycles. The molecule has 1 aliphatic heterocycles. The molecule has 3 rings (SSSR count). The maximum atomic E-state index is 15.0. The smallest absolute Gasteiger partial charge is 0.309 e. The van der Waals surface area contributed by atoms with E-state index in [1.165, 1.54) is 24.2 Å². The fourth-order valence-electron chi connectivity index (χ4n) is 8.78. The van der Waals surface area contributed by atoms with Crippen molar-refractivity contribution in [1.29, 1.82) is 0 Å². The van der Waals surface area contributed by atoms with E-state index >= 15 is 0 Å². The molecule has 2 aromatic rings. The number of thiazole rings is 1. The predicted molar refractivity (Wildman–Crippen MR) is 271 cm³/mol. The van der Waals surface area contributed by atoms with Gasteiger partial charge in [-0.05, 0) is 102 Å². The maximum absolute atomic E-state index is 15.0. The number of anilines is 1. The summed E-state index contributed by atoms with van der Waals surface area (Å²) < 4.78 is 6.40. The van der Waals surface area contributed by atoms with Gasteiger partial charge in [-0.1, -0.05) is 78.9 Å². The summed E-state index contributed by atoms with van der Waals surface area (Å²) in [5.41, 5.74) is 5.94. The van der Waals surface area contributed by atoms with E-state index in [4.69, 9.17) is 20.6 Å². The molecule has 4 amide bonds. The fraction of sp³-hybridized carbons (Fsp3) is 0.706. The van der Waals surface area contributed by atoms with Gasteiger partial charge in [-0.3, -0.25) is 28.8 Å². The van der Waals surface area contributed by atoms with Crippen LogP contribution in [0.2, 0.25) is 0 Å². The first-order valence-electron chi connectivity index (χ1n) is 25.2. The van der Waals surface area contributed by atoms with E-state index < -0.39 is 53.3 Å². The average Bonchev–Trinajstić information content (AvgIpc) is 3.80. The van der Waals surface area contributed by atoms with Gasteiger partial charge in [0.05, 0.1) is 24.0 Å². The van der Waals surface area contributed by atoms with E-state index in [0.29, 0.717) is 36.3 Å². The van der Waals surface area contributed by atoms with E-state index in [2.05, 4.69) is 72.7 Å². The van der Waals surface area contributed by atoms with E-state index in [1.807, 2.05) is 6.92 Å². The number of amides is 4. The van der Waals surface area contributed by atoms with Gasteiger partial charge in [-0.2, -0.15) is 0 Å². The number of hydrogen-bond acceptors (Lipinski definition) is 12. The Morgan fingerprint density at radius 1 is 1.01 bits per heavy atom. The number of carbonyl (C=O) groups is 6. The lowest BCUT2D eigenvalue weighted by molar-refractivity contribution is -0.147. The van der Waals surface area contributed by atoms with Crippen molar-refractivity contribution in [3.63, 3.8) is 0 Å². The second kappa shape index (κ2) is 29.6. The van der Waals surface area contributed by atoms with Gasteiger partial charge in [-0.15, -0.1) is 11.3 Å². The lowest BCUT2D eigenvalue weighted by Gasteiger charge is -2.40. The third kappa shape index (κ3) is 19.7. The molecule has 0 radical (unpaired) electrons. The molecule has 1 fully saturated rings. The van der Waals surface area contributed by atoms with Crippen LogP contribution in [0.4, 0.5) is 5.69 Å². The number of aliphatic carboxylic acids is 2. The second-order valence-corrected chi connectivity index (χ2v) is 20.7. The Morgan fingerprint density at radius 3 is 2.33 bits per heavy atom. The zero-order valence-corrected chi connectivity index (χ0v) is 43.6. The van der Waals surface area contributed by atoms with Crippen LogP contribution in [0.1, 0.15) is 160 Å². The van der Waals surface area contributed by atoms with E-state index in [-0.39, 0.29) is 67.7 Å². The molecule has 18 heteroatoms. The average molecular weight is 985 g/mol. The summed E-state index contributed by atoms with van der Waals surface area (Å²) in [7, 11) is 2.18. The van der Waals surface area contributed by atoms with Crippen molar-refractivity contribution >= 4 is 52.6 Å². The molecule has 8 N–H and O–H groups in total. The summed E-state index contributed by atoms with van der Waals surface area (Å²) in [5.74, 6) is -3.33. The van der Waals surface area contributed by atoms with Crippen LogP contribution in [-0.2, 0) is 35.1 Å². The molecule has 7 atom stereocenters. The molecule has 1 saturated heterocycles. The lowest BCUT2D eigenvalue weighted by atomic mass is 9.84. The molecule has 388 valence electrons. The van der Waals surface area contributed by atoms with Crippen molar-refractivity contribution in [3.8, 4) is 0 Å². The lowest BCUT2D eigenvalue weighted by Crippen LogP contribution is -2.56. The van der Waals surface area contributed by atoms with Gasteiger partial charge < -0.3 is 51.8 Å². The van der Waals surface area contributed by atoms with Crippen molar-refractivity contribution in [2.45, 2.75) is 175 Å². The molecule has 69 heavy (non-hydrogen) atoms. The number of carboxylic acids is 2. The highest BCUT2D eigenvalue weighted by molar-refractivity contribution is 7.09. The minimum absolute atomic E-state index is 0.0633. The molecule has 0 bridgehead atoms. The van der Waals surface area contributed by atoms with Gasteiger partial charge in [-0.25, -0.2) is 4.98 Å². The van der Waals surface area contributed by atoms with E-state index in [9.17, 15) is 33.9 Å². The molecule has 0 saturated carbocycles. The van der Waals surface area contributed by atoms with Crippen LogP contribution in [-0.4, -0.2) is 131 Å². The SMILES string of the molecule is CCCCCCN(C(=O)[C@@H](NCC1CCCCN1C)[C@@H](C)CC)[C@H](C[C@@H](OCC)c1nc(C(=O)N[C@@H](Cc2ccc(NC(=O)CNC(=O)[C@@H](N)CCC(=O)O)cc2)CC(C)(C)C(=O)O)cs1)C(C)C. The summed E-state index contributed by atoms with van der Waals surface area (Å²) in [4.78, 5) is 86.2. The minimum Gasteiger partial charge on any atom is -0.481 e. The molecule has 1 unspecified atom stereocenters. The molecular formula is C51H84N8O9S. The Morgan fingerprint density at radius 2 is 1.72 bits per heavy atom. The molecular weight excluding hydrogens is 901 g/mol. The molecule has 1 aromatic carbocycles. The number of piperidine rings is 1. The van der Waals surface area contributed by atoms with Crippen LogP contribution in [0.5, 0.6) is 0 Å². The van der Waals surface area contributed by atoms with Crippen molar-refractivity contribution in [3.05, 3.63) is 45.9 Å². The standard InChI is InChI=1S/C51H84N8O9S/c1-10-13-14-16-26-59(49(65)45(34(6)11-2)53-30-38-18-15-17-25-58(38)9)41(33(4)5)28-42(68-12-3)48-57-40(32-69-48)47(64)56-37(29-51(7,8)50(66)67)27-35-19-21-36(22-20-35)55-43(60)31-54-46(63)39(52)23-24-44(61)62/h19-22,32-34,37-39,41-42,45,53H,10-18,23-31,52H2,1-9H3,(H,54,63)(H,55,60)(H,56,64)(H,61,62)(H,66,67)/t34-,37-,38?,39-,41+,42+,45-/m0/s1. The van der Waals surface area contributed by atoms with Gasteiger partial charge in [0.15, 0.2) is 0 Å². The van der Waals surface area contributed by atoms with Crippen LogP contribution in [0, 0.1) is 17.3 Å². The number of rotatable bonds is 32. The summed E-state index contributed by atoms with van der Waals surface area (Å²) in [6.45, 7) is 18.5. The number of nitrogens with two attached hydrogens (primary N) is 1. The molecule has 17 nitrogen and oxygen atoms in total. The first-order chi connectivity index (χ1) is 32.7. The fourth-order valence-corrected chi connectivity index (χ4v) is 9.64. The summed E-state index contributed by atoms with van der Waals surface area (Å²) >= 11 is 1.33. The normalized spacial score (nSPS) is 17.0. The highest BCUT2D eigenvalue weighted by Crippen LogP contribution is 2.32. The number of hydrogen-bond donors (Lipinski definition) is 7. The third-order valence-corrected chi connectivity index (χ3v) is 14.3. The minimum atomic E-state index is -1.18. The Hall–Kier alpha value is -4.49. The van der Waals surface area contributed by atoms with E-state index in [0.717, 1.165) is 57.2 Å². The molecule has 1 aromatic heterocycles. The number of likely N-dealkylation sites (N-methyl/N-ethyl adjacent to an activating group) is 1. The molecule has 0 aliphatic carbocycles. The number of unbranched alkanes of at least 4 members (excludes halogenated alkanes) is 3. The van der Waals surface area contributed by atoms with Crippen LogP contribution in [0.3, 0.4) is 0 Å². The maximum Gasteiger partial charge on any atom is 0.309 e. The van der Waals surface area contributed by atoms with Gasteiger partial charge in [0.2, 0.25) is 17.7 Å². The number of carboxylic acid groups (broad SMARTS) is 2. The topological polar surface area (TPSA) is 246 Å². The Kier molecular flexibility index (Phi) is 25.3. The van der Waals surface area contributed by atoms with Gasteiger partial charge in [0.1, 0.15) is 16.8 Å². The summed E-state index contributed by atoms with van der Waals surface area (Å²) in [6, 6.07) is 5.08.